The number of benzene rings is 1. The van der Waals surface area contributed by atoms with Gasteiger partial charge in [0.05, 0.1) is 0 Å². The predicted octanol–water partition coefficient (Wildman–Crippen LogP) is 3.14. The van der Waals surface area contributed by atoms with E-state index in [9.17, 15) is 0 Å². The van der Waals surface area contributed by atoms with Crippen molar-refractivity contribution in [3.05, 3.63) is 35.4 Å². The van der Waals surface area contributed by atoms with E-state index in [0.717, 1.165) is 12.5 Å². The topological polar surface area (TPSA) is 15.3 Å². The monoisotopic (exact) mass is 258 g/mol. The van der Waals surface area contributed by atoms with Crippen LogP contribution in [-0.2, 0) is 6.54 Å². The summed E-state index contributed by atoms with van der Waals surface area (Å²) in [5.74, 6) is 0.874. The zero-order valence-corrected chi connectivity index (χ0v) is 12.1. The van der Waals surface area contributed by atoms with Gasteiger partial charge in [-0.05, 0) is 55.8 Å². The zero-order chi connectivity index (χ0) is 13.1. The molecule has 1 heterocycles. The first kappa shape index (κ1) is 13.1. The SMILES string of the molecule is CCN1CCCC(NCc2ccc(C3CC3)cc2)C1. The first-order chi connectivity index (χ1) is 9.35. The summed E-state index contributed by atoms with van der Waals surface area (Å²) in [5, 5.41) is 3.72. The van der Waals surface area contributed by atoms with Gasteiger partial charge in [-0.1, -0.05) is 31.2 Å². The number of likely N-dealkylation sites (tertiary alicyclic amines) is 1. The predicted molar refractivity (Wildman–Crippen MR) is 80.4 cm³/mol. The average molecular weight is 258 g/mol. The molecule has 1 atom stereocenters. The molecular weight excluding hydrogens is 232 g/mol. The summed E-state index contributed by atoms with van der Waals surface area (Å²) in [7, 11) is 0. The van der Waals surface area contributed by atoms with E-state index in [1.165, 1.54) is 50.9 Å². The van der Waals surface area contributed by atoms with Gasteiger partial charge in [-0.25, -0.2) is 0 Å². The molecule has 0 spiro atoms. The molecule has 0 bridgehead atoms. The minimum absolute atomic E-state index is 0.678. The van der Waals surface area contributed by atoms with Gasteiger partial charge in [0, 0.05) is 19.1 Å². The van der Waals surface area contributed by atoms with E-state index in [1.54, 1.807) is 5.56 Å². The minimum Gasteiger partial charge on any atom is -0.309 e. The minimum atomic E-state index is 0.678. The summed E-state index contributed by atoms with van der Waals surface area (Å²) in [6, 6.07) is 9.95. The maximum absolute atomic E-state index is 3.72. The van der Waals surface area contributed by atoms with Crippen molar-refractivity contribution in [1.82, 2.24) is 10.2 Å². The summed E-state index contributed by atoms with van der Waals surface area (Å²) >= 11 is 0. The lowest BCUT2D eigenvalue weighted by Crippen LogP contribution is -2.45. The van der Waals surface area contributed by atoms with Crippen molar-refractivity contribution in [3.8, 4) is 0 Å². The van der Waals surface area contributed by atoms with E-state index >= 15 is 0 Å². The molecule has 1 unspecified atom stereocenters. The van der Waals surface area contributed by atoms with E-state index in [0.29, 0.717) is 6.04 Å². The summed E-state index contributed by atoms with van der Waals surface area (Å²) < 4.78 is 0. The van der Waals surface area contributed by atoms with Crippen LogP contribution in [0.3, 0.4) is 0 Å². The van der Waals surface area contributed by atoms with Crippen molar-refractivity contribution in [3.63, 3.8) is 0 Å². The number of likely N-dealkylation sites (N-methyl/N-ethyl adjacent to an activating group) is 1. The molecule has 1 aromatic rings. The molecule has 0 aromatic heterocycles. The molecular formula is C17H26N2. The van der Waals surface area contributed by atoms with Crippen LogP contribution in [0.15, 0.2) is 24.3 Å². The Kier molecular flexibility index (Phi) is 4.19. The Bertz CT molecular complexity index is 394. The Labute approximate surface area is 117 Å². The summed E-state index contributed by atoms with van der Waals surface area (Å²) in [4.78, 5) is 2.55. The molecule has 3 rings (SSSR count). The van der Waals surface area contributed by atoms with Crippen molar-refractivity contribution >= 4 is 0 Å². The van der Waals surface area contributed by atoms with Gasteiger partial charge in [-0.15, -0.1) is 0 Å². The van der Waals surface area contributed by atoms with E-state index in [4.69, 9.17) is 0 Å². The van der Waals surface area contributed by atoms with Crippen molar-refractivity contribution < 1.29 is 0 Å². The molecule has 1 N–H and O–H groups in total. The molecule has 1 aromatic carbocycles. The molecule has 1 saturated carbocycles. The van der Waals surface area contributed by atoms with Crippen LogP contribution in [0.1, 0.15) is 49.7 Å². The van der Waals surface area contributed by atoms with Crippen molar-refractivity contribution in [2.75, 3.05) is 19.6 Å². The van der Waals surface area contributed by atoms with E-state index in [1.807, 2.05) is 0 Å². The summed E-state index contributed by atoms with van der Waals surface area (Å²) in [6.45, 7) is 6.97. The highest BCUT2D eigenvalue weighted by Gasteiger charge is 2.23. The highest BCUT2D eigenvalue weighted by atomic mass is 15.2. The van der Waals surface area contributed by atoms with Crippen LogP contribution in [0, 0.1) is 0 Å². The fourth-order valence-corrected chi connectivity index (χ4v) is 3.10. The standard InChI is InChI=1S/C17H26N2/c1-2-19-11-3-4-17(13-19)18-12-14-5-7-15(8-6-14)16-9-10-16/h5-8,16-18H,2-4,9-13H2,1H3. The number of nitrogens with one attached hydrogen (secondary N) is 1. The quantitative estimate of drug-likeness (QED) is 0.873. The van der Waals surface area contributed by atoms with Gasteiger partial charge in [0.25, 0.3) is 0 Å². The fraction of sp³-hybridized carbons (Fsp3) is 0.647. The molecule has 1 aliphatic carbocycles. The molecule has 2 fully saturated rings. The van der Waals surface area contributed by atoms with Crippen LogP contribution in [-0.4, -0.2) is 30.6 Å². The van der Waals surface area contributed by atoms with E-state index < -0.39 is 0 Å². The fourth-order valence-electron chi connectivity index (χ4n) is 3.10. The van der Waals surface area contributed by atoms with Gasteiger partial charge in [-0.3, -0.25) is 0 Å². The molecule has 0 amide bonds. The van der Waals surface area contributed by atoms with E-state index in [2.05, 4.69) is 41.4 Å². The van der Waals surface area contributed by atoms with Gasteiger partial charge in [0.1, 0.15) is 0 Å². The van der Waals surface area contributed by atoms with Gasteiger partial charge < -0.3 is 10.2 Å². The highest BCUT2D eigenvalue weighted by Crippen LogP contribution is 2.39. The molecule has 2 heteroatoms. The number of rotatable bonds is 5. The zero-order valence-electron chi connectivity index (χ0n) is 12.1. The molecule has 2 aliphatic rings. The van der Waals surface area contributed by atoms with Gasteiger partial charge in [0.15, 0.2) is 0 Å². The maximum Gasteiger partial charge on any atom is 0.0208 e. The number of hydrogen-bond donors (Lipinski definition) is 1. The van der Waals surface area contributed by atoms with Crippen LogP contribution in [0.25, 0.3) is 0 Å². The largest absolute Gasteiger partial charge is 0.309 e. The van der Waals surface area contributed by atoms with Crippen molar-refractivity contribution in [2.45, 2.75) is 51.1 Å². The third-order valence-corrected chi connectivity index (χ3v) is 4.58. The lowest BCUT2D eigenvalue weighted by atomic mass is 10.0. The average Bonchev–Trinajstić information content (AvgIpc) is 3.31. The third-order valence-electron chi connectivity index (χ3n) is 4.58. The smallest absolute Gasteiger partial charge is 0.0208 e. The first-order valence-electron chi connectivity index (χ1n) is 7.89. The first-order valence-corrected chi connectivity index (χ1v) is 7.89. The van der Waals surface area contributed by atoms with Gasteiger partial charge >= 0.3 is 0 Å². The molecule has 19 heavy (non-hydrogen) atoms. The Balaban J connectivity index is 1.48. The lowest BCUT2D eigenvalue weighted by Gasteiger charge is -2.32. The Morgan fingerprint density at radius 3 is 2.63 bits per heavy atom. The molecule has 1 saturated heterocycles. The Morgan fingerprint density at radius 1 is 1.16 bits per heavy atom. The Morgan fingerprint density at radius 2 is 1.95 bits per heavy atom. The number of hydrogen-bond acceptors (Lipinski definition) is 2. The second kappa shape index (κ2) is 6.06. The van der Waals surface area contributed by atoms with E-state index in [-0.39, 0.29) is 0 Å². The second-order valence-electron chi connectivity index (χ2n) is 6.13. The second-order valence-corrected chi connectivity index (χ2v) is 6.13. The summed E-state index contributed by atoms with van der Waals surface area (Å²) in [5.41, 5.74) is 2.97. The number of piperidine rings is 1. The van der Waals surface area contributed by atoms with Crippen molar-refractivity contribution in [2.24, 2.45) is 0 Å². The van der Waals surface area contributed by atoms with Crippen LogP contribution in [0.5, 0.6) is 0 Å². The summed E-state index contributed by atoms with van der Waals surface area (Å²) in [6.07, 6.45) is 5.46. The van der Waals surface area contributed by atoms with Crippen LogP contribution < -0.4 is 5.32 Å². The Hall–Kier alpha value is -0.860. The lowest BCUT2D eigenvalue weighted by molar-refractivity contribution is 0.198. The molecule has 104 valence electrons. The molecule has 1 aliphatic heterocycles. The third kappa shape index (κ3) is 3.58. The molecule has 0 radical (unpaired) electrons. The highest BCUT2D eigenvalue weighted by molar-refractivity contribution is 5.28. The van der Waals surface area contributed by atoms with Gasteiger partial charge in [0.2, 0.25) is 0 Å². The maximum atomic E-state index is 3.72. The van der Waals surface area contributed by atoms with Gasteiger partial charge in [-0.2, -0.15) is 0 Å². The van der Waals surface area contributed by atoms with Crippen molar-refractivity contribution in [1.29, 1.82) is 0 Å². The molecule has 2 nitrogen and oxygen atoms in total. The van der Waals surface area contributed by atoms with Crippen LogP contribution >= 0.6 is 0 Å². The van der Waals surface area contributed by atoms with Crippen LogP contribution in [0.4, 0.5) is 0 Å². The van der Waals surface area contributed by atoms with Crippen LogP contribution in [0.2, 0.25) is 0 Å². The normalized spacial score (nSPS) is 24.6. The number of nitrogens with zero attached hydrogens (tertiary/aromatic N) is 1.